The lowest BCUT2D eigenvalue weighted by Crippen LogP contribution is -2.10. The smallest absolute Gasteiger partial charge is 0.344 e. The highest BCUT2D eigenvalue weighted by Gasteiger charge is 2.33. The largest absolute Gasteiger partial charge is 0.507 e. The Morgan fingerprint density at radius 2 is 1.89 bits per heavy atom. The number of rotatable bonds is 3. The molecule has 0 fully saturated rings. The molecule has 0 bridgehead atoms. The zero-order valence-electron chi connectivity index (χ0n) is 14.6. The number of aromatic hydroxyl groups is 1. The molecule has 7 heteroatoms. The van der Waals surface area contributed by atoms with Crippen molar-refractivity contribution in [3.8, 4) is 5.75 Å². The second kappa shape index (κ2) is 7.90. The second-order valence-electron chi connectivity index (χ2n) is 5.78. The van der Waals surface area contributed by atoms with E-state index in [2.05, 4.69) is 4.99 Å². The highest BCUT2D eigenvalue weighted by Crippen LogP contribution is 2.41. The highest BCUT2D eigenvalue weighted by molar-refractivity contribution is 8.18. The SMILES string of the molecule is COC(=O)C1=C(O)/C(=C\c2ccc(C)cc2O)SC1=Nc1ccc(Cl)cc1. The molecule has 0 saturated carbocycles. The minimum atomic E-state index is -0.691. The van der Waals surface area contributed by atoms with E-state index in [4.69, 9.17) is 16.3 Å². The molecule has 1 aliphatic rings. The van der Waals surface area contributed by atoms with Crippen molar-refractivity contribution in [3.63, 3.8) is 0 Å². The number of methoxy groups -OCH3 is 1. The monoisotopic (exact) mass is 401 g/mol. The first-order valence-corrected chi connectivity index (χ1v) is 9.14. The average molecular weight is 402 g/mol. The number of carbonyl (C=O) groups is 1. The van der Waals surface area contributed by atoms with Crippen molar-refractivity contribution < 1.29 is 19.7 Å². The van der Waals surface area contributed by atoms with Gasteiger partial charge in [-0.2, -0.15) is 0 Å². The lowest BCUT2D eigenvalue weighted by atomic mass is 10.1. The zero-order chi connectivity index (χ0) is 19.6. The van der Waals surface area contributed by atoms with E-state index < -0.39 is 5.97 Å². The Labute approximate surface area is 165 Å². The lowest BCUT2D eigenvalue weighted by molar-refractivity contribution is -0.135. The van der Waals surface area contributed by atoms with Gasteiger partial charge in [-0.05, 0) is 48.9 Å². The first kappa shape index (κ1) is 19.1. The number of phenols is 1. The number of benzene rings is 2. The van der Waals surface area contributed by atoms with Crippen molar-refractivity contribution in [1.29, 1.82) is 0 Å². The second-order valence-corrected chi connectivity index (χ2v) is 7.25. The summed E-state index contributed by atoms with van der Waals surface area (Å²) in [5.41, 5.74) is 1.99. The normalized spacial score (nSPS) is 17.0. The molecule has 27 heavy (non-hydrogen) atoms. The summed E-state index contributed by atoms with van der Waals surface area (Å²) in [6.07, 6.45) is 1.60. The summed E-state index contributed by atoms with van der Waals surface area (Å²) in [6, 6.07) is 12.0. The van der Waals surface area contributed by atoms with Gasteiger partial charge in [-0.1, -0.05) is 35.5 Å². The topological polar surface area (TPSA) is 79.1 Å². The molecule has 1 aliphatic heterocycles. The molecule has 0 atom stereocenters. The summed E-state index contributed by atoms with van der Waals surface area (Å²) >= 11 is 7.00. The van der Waals surface area contributed by atoms with Crippen molar-refractivity contribution in [2.45, 2.75) is 6.92 Å². The Kier molecular flexibility index (Phi) is 5.58. The standard InChI is InChI=1S/C20H16ClNO4S/c1-11-3-4-12(15(23)9-11)10-16-18(24)17(20(25)26-2)19(27-16)22-14-7-5-13(21)6-8-14/h3-10,23-24H,1-2H3/b16-10+,22-19?. The molecule has 0 amide bonds. The van der Waals surface area contributed by atoms with Crippen LogP contribution in [0.15, 0.2) is 63.7 Å². The Bertz CT molecular complexity index is 994. The van der Waals surface area contributed by atoms with Crippen LogP contribution in [-0.2, 0) is 9.53 Å². The maximum Gasteiger partial charge on any atom is 0.344 e. The van der Waals surface area contributed by atoms with E-state index in [1.807, 2.05) is 13.0 Å². The van der Waals surface area contributed by atoms with Gasteiger partial charge < -0.3 is 14.9 Å². The van der Waals surface area contributed by atoms with Gasteiger partial charge in [-0.3, -0.25) is 0 Å². The van der Waals surface area contributed by atoms with E-state index in [-0.39, 0.29) is 17.1 Å². The first-order chi connectivity index (χ1) is 12.9. The molecule has 0 spiro atoms. The summed E-state index contributed by atoms with van der Waals surface area (Å²) in [5.74, 6) is -0.845. The molecular formula is C20H16ClNO4S. The third-order valence-electron chi connectivity index (χ3n) is 3.81. The Morgan fingerprint density at radius 3 is 2.52 bits per heavy atom. The first-order valence-electron chi connectivity index (χ1n) is 7.94. The molecule has 0 saturated heterocycles. The molecule has 2 N–H and O–H groups in total. The van der Waals surface area contributed by atoms with Gasteiger partial charge in [0, 0.05) is 10.6 Å². The van der Waals surface area contributed by atoms with E-state index in [0.717, 1.165) is 17.3 Å². The third-order valence-corrected chi connectivity index (χ3v) is 5.08. The summed E-state index contributed by atoms with van der Waals surface area (Å²) in [5, 5.41) is 21.5. The van der Waals surface area contributed by atoms with Gasteiger partial charge in [0.25, 0.3) is 0 Å². The minimum Gasteiger partial charge on any atom is -0.507 e. The molecule has 138 valence electrons. The number of hydrogen-bond donors (Lipinski definition) is 2. The van der Waals surface area contributed by atoms with Crippen LogP contribution in [0.1, 0.15) is 11.1 Å². The van der Waals surface area contributed by atoms with Gasteiger partial charge >= 0.3 is 5.97 Å². The van der Waals surface area contributed by atoms with E-state index in [0.29, 0.717) is 26.2 Å². The zero-order valence-corrected chi connectivity index (χ0v) is 16.1. The van der Waals surface area contributed by atoms with E-state index in [9.17, 15) is 15.0 Å². The van der Waals surface area contributed by atoms with Crippen molar-refractivity contribution >= 4 is 46.1 Å². The van der Waals surface area contributed by atoms with Crippen LogP contribution >= 0.6 is 23.4 Å². The number of halogens is 1. The van der Waals surface area contributed by atoms with Crippen molar-refractivity contribution in [3.05, 3.63) is 74.9 Å². The summed E-state index contributed by atoms with van der Waals surface area (Å²) in [4.78, 5) is 17.0. The lowest BCUT2D eigenvalue weighted by Gasteiger charge is -2.02. The Morgan fingerprint density at radius 1 is 1.19 bits per heavy atom. The molecule has 1 heterocycles. The fraction of sp³-hybridized carbons (Fsp3) is 0.100. The van der Waals surface area contributed by atoms with Crippen LogP contribution in [-0.4, -0.2) is 28.3 Å². The number of aliphatic hydroxyl groups excluding tert-OH is 1. The van der Waals surface area contributed by atoms with Crippen LogP contribution in [0.5, 0.6) is 5.75 Å². The highest BCUT2D eigenvalue weighted by atomic mass is 35.5. The number of esters is 1. The number of ether oxygens (including phenoxy) is 1. The van der Waals surface area contributed by atoms with Gasteiger partial charge in [0.2, 0.25) is 0 Å². The molecule has 0 radical (unpaired) electrons. The number of nitrogens with zero attached hydrogens (tertiary/aromatic N) is 1. The fourth-order valence-electron chi connectivity index (χ4n) is 2.44. The number of carbonyl (C=O) groups excluding carboxylic acids is 1. The van der Waals surface area contributed by atoms with Crippen LogP contribution in [0.3, 0.4) is 0 Å². The molecule has 0 unspecified atom stereocenters. The summed E-state index contributed by atoms with van der Waals surface area (Å²) in [6.45, 7) is 1.87. The molecule has 2 aromatic rings. The number of phenolic OH excluding ortho intramolecular Hbond substituents is 1. The molecule has 2 aromatic carbocycles. The molecule has 3 rings (SSSR count). The van der Waals surface area contributed by atoms with E-state index in [1.165, 1.54) is 7.11 Å². The van der Waals surface area contributed by atoms with Crippen LogP contribution < -0.4 is 0 Å². The molecule has 0 aromatic heterocycles. The van der Waals surface area contributed by atoms with Gasteiger partial charge in [-0.15, -0.1) is 0 Å². The predicted molar refractivity (Wildman–Crippen MR) is 109 cm³/mol. The van der Waals surface area contributed by atoms with Gasteiger partial charge in [-0.25, -0.2) is 9.79 Å². The van der Waals surface area contributed by atoms with Gasteiger partial charge in [0.1, 0.15) is 22.1 Å². The molecule has 5 nitrogen and oxygen atoms in total. The third kappa shape index (κ3) is 4.18. The number of aliphatic hydroxyl groups is 1. The van der Waals surface area contributed by atoms with Gasteiger partial charge in [0.15, 0.2) is 0 Å². The molecule has 0 aliphatic carbocycles. The van der Waals surface area contributed by atoms with Crippen molar-refractivity contribution in [2.24, 2.45) is 4.99 Å². The Balaban J connectivity index is 2.05. The van der Waals surface area contributed by atoms with E-state index >= 15 is 0 Å². The summed E-state index contributed by atoms with van der Waals surface area (Å²) < 4.78 is 4.78. The van der Waals surface area contributed by atoms with Crippen molar-refractivity contribution in [2.75, 3.05) is 7.11 Å². The Hall–Kier alpha value is -2.70. The quantitative estimate of drug-likeness (QED) is 0.694. The maximum absolute atomic E-state index is 12.2. The number of thioether (sulfide) groups is 1. The van der Waals surface area contributed by atoms with Crippen molar-refractivity contribution in [1.82, 2.24) is 0 Å². The summed E-state index contributed by atoms with van der Waals surface area (Å²) in [7, 11) is 1.24. The van der Waals surface area contributed by atoms with Crippen LogP contribution in [0.2, 0.25) is 5.02 Å². The number of aryl methyl sites for hydroxylation is 1. The molecular weight excluding hydrogens is 386 g/mol. The van der Waals surface area contributed by atoms with Crippen LogP contribution in [0.25, 0.3) is 6.08 Å². The van der Waals surface area contributed by atoms with Crippen LogP contribution in [0, 0.1) is 6.92 Å². The van der Waals surface area contributed by atoms with Gasteiger partial charge in [0.05, 0.1) is 17.7 Å². The average Bonchev–Trinajstić information content (AvgIpc) is 2.94. The minimum absolute atomic E-state index is 0.0182. The van der Waals surface area contributed by atoms with Crippen LogP contribution in [0.4, 0.5) is 5.69 Å². The predicted octanol–water partition coefficient (Wildman–Crippen LogP) is 5.16. The maximum atomic E-state index is 12.2. The van der Waals surface area contributed by atoms with E-state index in [1.54, 1.807) is 42.5 Å². The number of hydrogen-bond acceptors (Lipinski definition) is 6. The fourth-order valence-corrected chi connectivity index (χ4v) is 3.59. The number of aliphatic imine (C=N–C) groups is 1.